The largest absolute Gasteiger partial charge is 0.508 e. The first kappa shape index (κ1) is 56.6. The van der Waals surface area contributed by atoms with Gasteiger partial charge in [0.1, 0.15) is 54.1 Å². The zero-order valence-corrected chi connectivity index (χ0v) is 49.3. The Balaban J connectivity index is 0.625. The van der Waals surface area contributed by atoms with Crippen LogP contribution in [0.5, 0.6) is 17.6 Å². The van der Waals surface area contributed by atoms with Crippen LogP contribution >= 0.6 is 11.3 Å². The van der Waals surface area contributed by atoms with E-state index in [0.717, 1.165) is 83.1 Å². The molecule has 446 valence electrons. The number of benzene rings is 3. The van der Waals surface area contributed by atoms with E-state index in [9.17, 15) is 24.6 Å². The third-order valence-corrected chi connectivity index (χ3v) is 19.5. The highest BCUT2D eigenvalue weighted by Crippen LogP contribution is 2.44. The minimum Gasteiger partial charge on any atom is -0.508 e. The molecule has 6 fully saturated rings. The molecular formula is C63H72FN11O9S. The molecular weight excluding hydrogens is 1110 g/mol. The van der Waals surface area contributed by atoms with Crippen molar-refractivity contribution in [2.24, 2.45) is 5.92 Å². The molecule has 6 aliphatic rings. The first-order chi connectivity index (χ1) is 41.1. The molecule has 13 rings (SSSR count). The van der Waals surface area contributed by atoms with Crippen molar-refractivity contribution in [1.82, 2.24) is 50.4 Å². The van der Waals surface area contributed by atoms with Crippen LogP contribution in [-0.4, -0.2) is 162 Å². The Hall–Kier alpha value is -7.53. The van der Waals surface area contributed by atoms with Crippen LogP contribution in [0.1, 0.15) is 107 Å². The maximum atomic E-state index is 17.3. The van der Waals surface area contributed by atoms with E-state index in [4.69, 9.17) is 33.7 Å². The Morgan fingerprint density at radius 3 is 2.53 bits per heavy atom. The predicted octanol–water partition coefficient (Wildman–Crippen LogP) is 8.47. The smallest absolute Gasteiger partial charge is 0.410 e. The van der Waals surface area contributed by atoms with Crippen molar-refractivity contribution in [2.45, 2.75) is 140 Å². The number of β-amino-alcohol motifs (C(OH)–C–C–N with tert-alkyl or cyclic N) is 1. The van der Waals surface area contributed by atoms with E-state index in [1.165, 1.54) is 4.90 Å². The van der Waals surface area contributed by atoms with Gasteiger partial charge in [0.2, 0.25) is 11.8 Å². The minimum absolute atomic E-state index is 0.00262. The number of ether oxygens (including phenoxy) is 3. The van der Waals surface area contributed by atoms with E-state index in [0.29, 0.717) is 48.4 Å². The Bertz CT molecular complexity index is 3660. The van der Waals surface area contributed by atoms with E-state index in [1.807, 2.05) is 75.7 Å². The summed E-state index contributed by atoms with van der Waals surface area (Å²) in [5, 5.41) is 34.6. The molecule has 6 aliphatic heterocycles. The number of aromatic hydroxyl groups is 1. The number of aliphatic hydroxyl groups excluding tert-OH is 1. The zero-order chi connectivity index (χ0) is 58.8. The van der Waals surface area contributed by atoms with Crippen LogP contribution in [0.2, 0.25) is 0 Å². The Morgan fingerprint density at radius 2 is 1.78 bits per heavy atom. The lowest BCUT2D eigenvalue weighted by molar-refractivity contribution is -0.141. The normalized spacial score (nSPS) is 23.9. The fraction of sp³-hybridized carbons (Fsp3) is 0.492. The maximum Gasteiger partial charge on any atom is 0.410 e. The summed E-state index contributed by atoms with van der Waals surface area (Å²) < 4.78 is 41.8. The second-order valence-electron chi connectivity index (χ2n) is 24.4. The summed E-state index contributed by atoms with van der Waals surface area (Å²) in [5.41, 5.74) is 6.10. The second kappa shape index (κ2) is 23.0. The third kappa shape index (κ3) is 10.9. The molecule has 85 heavy (non-hydrogen) atoms. The highest BCUT2D eigenvalue weighted by molar-refractivity contribution is 7.13. The number of amides is 3. The molecule has 0 saturated carbocycles. The zero-order valence-electron chi connectivity index (χ0n) is 48.5. The van der Waals surface area contributed by atoms with Gasteiger partial charge in [-0.1, -0.05) is 63.2 Å². The van der Waals surface area contributed by atoms with E-state index in [1.54, 1.807) is 40.6 Å². The number of phenolic OH excluding ortho intramolecular Hbond substituents is 1. The number of nitrogens with zero attached hydrogens (tertiary/aromatic N) is 9. The fourth-order valence-corrected chi connectivity index (χ4v) is 14.9. The van der Waals surface area contributed by atoms with Crippen LogP contribution in [0.4, 0.5) is 15.0 Å². The van der Waals surface area contributed by atoms with Crippen LogP contribution in [0, 0.1) is 18.7 Å². The van der Waals surface area contributed by atoms with Crippen molar-refractivity contribution >= 4 is 56.7 Å². The van der Waals surface area contributed by atoms with Gasteiger partial charge in [-0.3, -0.25) is 19.5 Å². The first-order valence-electron chi connectivity index (χ1n) is 30.0. The number of anilines is 1. The Labute approximate surface area is 496 Å². The molecule has 0 spiro atoms. The molecule has 7 aromatic rings. The molecule has 3 amide bonds. The van der Waals surface area contributed by atoms with Gasteiger partial charge in [0.25, 0.3) is 5.88 Å². The number of fused-ring (bicyclic) bond motifs is 5. The molecule has 20 nitrogen and oxygen atoms in total. The molecule has 4 aromatic heterocycles. The highest BCUT2D eigenvalue weighted by atomic mass is 32.1. The molecule has 0 aliphatic carbocycles. The third-order valence-electron chi connectivity index (χ3n) is 18.5. The lowest BCUT2D eigenvalue weighted by Crippen LogP contribution is -2.56. The van der Waals surface area contributed by atoms with E-state index < -0.39 is 30.0 Å². The summed E-state index contributed by atoms with van der Waals surface area (Å²) in [7, 11) is 0. The lowest BCUT2D eigenvalue weighted by atomic mass is 9.91. The summed E-state index contributed by atoms with van der Waals surface area (Å²) in [4.78, 5) is 69.3. The van der Waals surface area contributed by atoms with Crippen molar-refractivity contribution in [2.75, 3.05) is 57.4 Å². The number of hydrogen-bond acceptors (Lipinski definition) is 18. The van der Waals surface area contributed by atoms with E-state index in [2.05, 4.69) is 37.5 Å². The Kier molecular flexibility index (Phi) is 15.3. The number of aryl methyl sites for hydroxylation is 2. The molecule has 0 radical (unpaired) electrons. The van der Waals surface area contributed by atoms with Gasteiger partial charge in [0, 0.05) is 62.0 Å². The standard InChI is InChI=1S/C63H72FN11O9S/c1-6-37-9-7-10-40-21-44(76)22-47(53(37)40)55-54(64)56-48(25-65-55)58(72-26-41-15-16-42(27-72)68-41)70-61(69-56)82-32-63-18-8-20-75(63)43(17-19-63)31-81-62(80)73-29-46(30-73)83-51-24-50(84-71-51)52(34(2)3)60(79)74-28-45(77)23-49(74)59(78)67-35(4)38-11-13-39(14-12-38)57-36(5)66-33-85-57/h7,9-14,21-22,24-25,33-35,41-43,45-46,49,52,68,76-77H,6,8,15-20,23,26-32H2,1-5H3,(H,67,78)/t35-,41?,42?,43-,45+,49-,52+,63+/m0/s1. The summed E-state index contributed by atoms with van der Waals surface area (Å²) in [6.45, 7) is 12.9. The van der Waals surface area contributed by atoms with Crippen molar-refractivity contribution < 1.29 is 47.7 Å². The number of hydrogen-bond donors (Lipinski definition) is 4. The fourth-order valence-electron chi connectivity index (χ4n) is 14.1. The van der Waals surface area contributed by atoms with Gasteiger partial charge in [-0.25, -0.2) is 14.2 Å². The number of piperazine rings is 1. The van der Waals surface area contributed by atoms with Crippen LogP contribution in [0.25, 0.3) is 43.4 Å². The average molecular weight is 1180 g/mol. The SMILES string of the molecule is CCc1cccc2cc(O)cc(-c3ncc4c(N5CC6CCC(C5)N6)nc(OC[C@]56CCCN5[C@H](COC(=O)N5CC(Oc7cc([C@H](C(=O)N8C[C@H](O)C[C@H]8C(=O)N[C@@H](C)c8ccc(-c9scnc9C)cc8)C(C)C)on7)C5)CC6)nc4c3F)c12. The molecule has 4 N–H and O–H groups in total. The van der Waals surface area contributed by atoms with Crippen LogP contribution in [-0.2, 0) is 20.7 Å². The quantitative estimate of drug-likeness (QED) is 0.0669. The molecule has 2 unspecified atom stereocenters. The van der Waals surface area contributed by atoms with Crippen molar-refractivity contribution in [1.29, 1.82) is 0 Å². The topological polar surface area (TPSA) is 234 Å². The summed E-state index contributed by atoms with van der Waals surface area (Å²) in [5.74, 6) is -1.32. The molecule has 3 aromatic carbocycles. The van der Waals surface area contributed by atoms with Crippen LogP contribution in [0.15, 0.2) is 76.9 Å². The second-order valence-corrected chi connectivity index (χ2v) is 25.3. The number of aliphatic hydroxyl groups is 1. The molecule has 6 saturated heterocycles. The predicted molar refractivity (Wildman–Crippen MR) is 317 cm³/mol. The van der Waals surface area contributed by atoms with E-state index >= 15 is 4.39 Å². The summed E-state index contributed by atoms with van der Waals surface area (Å²) >= 11 is 1.58. The van der Waals surface area contributed by atoms with E-state index in [-0.39, 0.29) is 115 Å². The number of nitrogens with one attached hydrogen (secondary N) is 2. The number of pyridine rings is 1. The van der Waals surface area contributed by atoms with Gasteiger partial charge in [0.15, 0.2) is 11.6 Å². The molecule has 8 atom stereocenters. The van der Waals surface area contributed by atoms with Crippen LogP contribution in [0.3, 0.4) is 0 Å². The number of carbonyl (C=O) groups is 3. The van der Waals surface area contributed by atoms with Crippen molar-refractivity contribution in [3.05, 3.63) is 101 Å². The number of thiazole rings is 1. The van der Waals surface area contributed by atoms with Crippen molar-refractivity contribution in [3.8, 4) is 39.3 Å². The monoisotopic (exact) mass is 1180 g/mol. The van der Waals surface area contributed by atoms with Gasteiger partial charge in [-0.2, -0.15) is 9.97 Å². The van der Waals surface area contributed by atoms with Crippen LogP contribution < -0.4 is 25.0 Å². The molecule has 2 bridgehead atoms. The van der Waals surface area contributed by atoms with Gasteiger partial charge in [-0.05, 0) is 116 Å². The lowest BCUT2D eigenvalue weighted by Gasteiger charge is -2.38. The minimum atomic E-state index is -0.884. The summed E-state index contributed by atoms with van der Waals surface area (Å²) in [6, 6.07) is 18.1. The van der Waals surface area contributed by atoms with Gasteiger partial charge >= 0.3 is 12.1 Å². The van der Waals surface area contributed by atoms with Gasteiger partial charge < -0.3 is 54.3 Å². The molecule has 22 heteroatoms. The van der Waals surface area contributed by atoms with Crippen molar-refractivity contribution in [3.63, 3.8) is 0 Å². The number of rotatable bonds is 17. The number of likely N-dealkylation sites (tertiary alicyclic amines) is 2. The first-order valence-corrected chi connectivity index (χ1v) is 30.8. The maximum absolute atomic E-state index is 17.3. The average Bonchev–Trinajstić information content (AvgIpc) is 2.95. The van der Waals surface area contributed by atoms with Gasteiger partial charge in [-0.15, -0.1) is 11.3 Å². The number of carbonyl (C=O) groups excluding carboxylic acids is 3. The Morgan fingerprint density at radius 1 is 0.976 bits per heavy atom. The highest BCUT2D eigenvalue weighted by Gasteiger charge is 2.51. The summed E-state index contributed by atoms with van der Waals surface area (Å²) in [6.07, 6.45) is 6.29. The number of aromatic nitrogens is 5. The number of halogens is 1. The molecule has 10 heterocycles. The number of phenols is 1. The van der Waals surface area contributed by atoms with Gasteiger partial charge in [0.05, 0.1) is 52.2 Å².